The number of aromatic nitrogens is 7. The van der Waals surface area contributed by atoms with Crippen LogP contribution in [0.2, 0.25) is 0 Å². The molecule has 7 rings (SSSR count). The molecule has 1 saturated carbocycles. The summed E-state index contributed by atoms with van der Waals surface area (Å²) in [6.07, 6.45) is 10.1. The van der Waals surface area contributed by atoms with Crippen LogP contribution in [0.1, 0.15) is 29.6 Å². The molecule has 0 bridgehead atoms. The molecule has 3 unspecified atom stereocenters. The van der Waals surface area contributed by atoms with Gasteiger partial charge >= 0.3 is 0 Å². The van der Waals surface area contributed by atoms with E-state index in [4.69, 9.17) is 4.52 Å². The van der Waals surface area contributed by atoms with E-state index in [1.807, 2.05) is 18.5 Å². The Hall–Kier alpha value is -4.14. The van der Waals surface area contributed by atoms with E-state index in [2.05, 4.69) is 49.4 Å². The van der Waals surface area contributed by atoms with Gasteiger partial charge < -0.3 is 9.09 Å². The molecule has 5 aromatic rings. The van der Waals surface area contributed by atoms with Gasteiger partial charge in [0, 0.05) is 30.7 Å². The Morgan fingerprint density at radius 2 is 2.06 bits per heavy atom. The Bertz CT molecular complexity index is 1640. The summed E-state index contributed by atoms with van der Waals surface area (Å²) in [6, 6.07) is 8.58. The average Bonchev–Trinajstić information content (AvgIpc) is 3.24. The number of aryl methyl sites for hydroxylation is 1. The lowest BCUT2D eigenvalue weighted by Gasteiger charge is -2.07. The van der Waals surface area contributed by atoms with Crippen molar-refractivity contribution in [2.45, 2.75) is 18.9 Å². The second-order valence-corrected chi connectivity index (χ2v) is 8.85. The Kier molecular flexibility index (Phi) is 3.73. The monoisotopic (exact) mass is 437 g/mol. The summed E-state index contributed by atoms with van der Waals surface area (Å²) in [5.74, 6) is 2.35. The SMILES string of the molecule is Cn1cnc2ncn(Cc3nc(C4C5C=C(c6ccc7ccncc7c6)CC54)no3)c(=O)c21. The van der Waals surface area contributed by atoms with E-state index < -0.39 is 0 Å². The van der Waals surface area contributed by atoms with Crippen LogP contribution in [0.3, 0.4) is 0 Å². The minimum Gasteiger partial charge on any atom is -0.337 e. The predicted molar refractivity (Wildman–Crippen MR) is 120 cm³/mol. The number of pyridine rings is 1. The van der Waals surface area contributed by atoms with E-state index >= 15 is 0 Å². The summed E-state index contributed by atoms with van der Waals surface area (Å²) in [4.78, 5) is 29.9. The number of fused-ring (bicyclic) bond motifs is 3. The maximum absolute atomic E-state index is 12.7. The third kappa shape index (κ3) is 2.85. The van der Waals surface area contributed by atoms with E-state index in [1.54, 1.807) is 17.9 Å². The first-order valence-corrected chi connectivity index (χ1v) is 10.9. The van der Waals surface area contributed by atoms with Gasteiger partial charge in [-0.25, -0.2) is 9.97 Å². The van der Waals surface area contributed by atoms with Gasteiger partial charge in [0.2, 0.25) is 5.89 Å². The molecule has 0 saturated heterocycles. The molecule has 2 aliphatic rings. The van der Waals surface area contributed by atoms with Gasteiger partial charge in [0.25, 0.3) is 5.56 Å². The summed E-state index contributed by atoms with van der Waals surface area (Å²) in [7, 11) is 1.77. The molecule has 33 heavy (non-hydrogen) atoms. The van der Waals surface area contributed by atoms with Crippen molar-refractivity contribution < 1.29 is 4.52 Å². The van der Waals surface area contributed by atoms with Gasteiger partial charge in [-0.05, 0) is 46.9 Å². The largest absolute Gasteiger partial charge is 0.337 e. The molecule has 4 heterocycles. The molecule has 0 radical (unpaired) electrons. The fraction of sp³-hybridized carbons (Fsp3) is 0.250. The van der Waals surface area contributed by atoms with Crippen molar-refractivity contribution >= 4 is 27.5 Å². The molecular formula is C24H19N7O2. The van der Waals surface area contributed by atoms with Crippen LogP contribution in [0.5, 0.6) is 0 Å². The number of allylic oxidation sites excluding steroid dienone is 2. The molecule has 0 amide bonds. The van der Waals surface area contributed by atoms with E-state index in [-0.39, 0.29) is 18.0 Å². The minimum atomic E-state index is -0.179. The van der Waals surface area contributed by atoms with Gasteiger partial charge in [-0.2, -0.15) is 4.98 Å². The summed E-state index contributed by atoms with van der Waals surface area (Å²) < 4.78 is 8.62. The van der Waals surface area contributed by atoms with Gasteiger partial charge in [-0.15, -0.1) is 0 Å². The van der Waals surface area contributed by atoms with Crippen molar-refractivity contribution in [3.05, 3.63) is 83.0 Å². The molecule has 0 N–H and O–H groups in total. The second-order valence-electron chi connectivity index (χ2n) is 8.85. The van der Waals surface area contributed by atoms with E-state index in [0.29, 0.717) is 28.9 Å². The van der Waals surface area contributed by atoms with E-state index in [0.717, 1.165) is 17.6 Å². The molecule has 9 nitrogen and oxygen atoms in total. The van der Waals surface area contributed by atoms with Crippen LogP contribution in [0.4, 0.5) is 0 Å². The lowest BCUT2D eigenvalue weighted by atomic mass is 9.98. The van der Waals surface area contributed by atoms with Crippen molar-refractivity contribution in [1.82, 2.24) is 34.2 Å². The topological polar surface area (TPSA) is 105 Å². The standard InChI is InChI=1S/C24H19N7O2/c1-30-11-26-23-21(30)24(32)31(12-27-23)10-19-28-22(29-33-19)20-17-7-15(8-18(17)20)14-3-2-13-4-5-25-9-16(13)6-14/h2-7,9,11-12,17-18,20H,8,10H2,1H3. The van der Waals surface area contributed by atoms with Crippen molar-refractivity contribution in [1.29, 1.82) is 0 Å². The quantitative estimate of drug-likeness (QED) is 0.426. The zero-order valence-corrected chi connectivity index (χ0v) is 17.8. The molecule has 0 spiro atoms. The van der Waals surface area contributed by atoms with Crippen molar-refractivity contribution in [2.24, 2.45) is 18.9 Å². The third-order valence-corrected chi connectivity index (χ3v) is 6.88. The minimum absolute atomic E-state index is 0.179. The first-order chi connectivity index (χ1) is 16.2. The number of imidazole rings is 1. The zero-order valence-electron chi connectivity index (χ0n) is 17.8. The fourth-order valence-corrected chi connectivity index (χ4v) is 5.11. The third-order valence-electron chi connectivity index (χ3n) is 6.88. The van der Waals surface area contributed by atoms with Crippen molar-refractivity contribution in [3.63, 3.8) is 0 Å². The number of rotatable bonds is 4. The molecule has 0 aliphatic heterocycles. The lowest BCUT2D eigenvalue weighted by Crippen LogP contribution is -2.22. The Morgan fingerprint density at radius 3 is 2.94 bits per heavy atom. The maximum Gasteiger partial charge on any atom is 0.280 e. The van der Waals surface area contributed by atoms with Crippen LogP contribution in [0, 0.1) is 11.8 Å². The highest BCUT2D eigenvalue weighted by atomic mass is 16.5. The summed E-state index contributed by atoms with van der Waals surface area (Å²) in [5.41, 5.74) is 3.34. The smallest absolute Gasteiger partial charge is 0.280 e. The van der Waals surface area contributed by atoms with Crippen LogP contribution >= 0.6 is 0 Å². The van der Waals surface area contributed by atoms with E-state index in [9.17, 15) is 4.79 Å². The molecule has 3 atom stereocenters. The predicted octanol–water partition coefficient (Wildman–Crippen LogP) is 2.93. The van der Waals surface area contributed by atoms with Crippen LogP contribution in [0.25, 0.3) is 27.5 Å². The van der Waals surface area contributed by atoms with Crippen LogP contribution in [0.15, 0.2) is 64.7 Å². The summed E-state index contributed by atoms with van der Waals surface area (Å²) >= 11 is 0. The molecular weight excluding hydrogens is 418 g/mol. The molecule has 4 aromatic heterocycles. The highest BCUT2D eigenvalue weighted by Crippen LogP contribution is 2.62. The lowest BCUT2D eigenvalue weighted by molar-refractivity contribution is 0.364. The van der Waals surface area contributed by atoms with Crippen LogP contribution in [-0.4, -0.2) is 34.2 Å². The van der Waals surface area contributed by atoms with Gasteiger partial charge in [0.05, 0.1) is 6.33 Å². The van der Waals surface area contributed by atoms with Crippen molar-refractivity contribution in [3.8, 4) is 0 Å². The zero-order chi connectivity index (χ0) is 22.1. The fourth-order valence-electron chi connectivity index (χ4n) is 5.11. The normalized spacial score (nSPS) is 21.5. The number of hydrogen-bond donors (Lipinski definition) is 0. The highest BCUT2D eigenvalue weighted by Gasteiger charge is 2.55. The second kappa shape index (κ2) is 6.68. The first kappa shape index (κ1) is 18.4. The summed E-state index contributed by atoms with van der Waals surface area (Å²) in [6.45, 7) is 0.189. The molecule has 1 aromatic carbocycles. The molecule has 1 fully saturated rings. The first-order valence-electron chi connectivity index (χ1n) is 10.9. The van der Waals surface area contributed by atoms with Crippen molar-refractivity contribution in [2.75, 3.05) is 0 Å². The number of nitrogens with zero attached hydrogens (tertiary/aromatic N) is 7. The number of hydrogen-bond acceptors (Lipinski definition) is 7. The average molecular weight is 437 g/mol. The maximum atomic E-state index is 12.7. The van der Waals surface area contributed by atoms with Gasteiger partial charge in [0.15, 0.2) is 17.0 Å². The van der Waals surface area contributed by atoms with Crippen LogP contribution in [-0.2, 0) is 13.6 Å². The summed E-state index contributed by atoms with van der Waals surface area (Å²) in [5, 5.41) is 6.58. The van der Waals surface area contributed by atoms with Gasteiger partial charge in [-0.1, -0.05) is 23.4 Å². The Balaban J connectivity index is 1.10. The Labute approximate surface area is 187 Å². The van der Waals surface area contributed by atoms with Gasteiger partial charge in [0.1, 0.15) is 12.9 Å². The Morgan fingerprint density at radius 1 is 1.15 bits per heavy atom. The van der Waals surface area contributed by atoms with E-state index in [1.165, 1.54) is 27.4 Å². The molecule has 162 valence electrons. The highest BCUT2D eigenvalue weighted by molar-refractivity contribution is 5.86. The molecule has 2 aliphatic carbocycles. The van der Waals surface area contributed by atoms with Crippen LogP contribution < -0.4 is 5.56 Å². The number of benzene rings is 1. The van der Waals surface area contributed by atoms with Gasteiger partial charge in [-0.3, -0.25) is 14.3 Å². The molecule has 9 heteroatoms.